The fourth-order valence-electron chi connectivity index (χ4n) is 3.33. The van der Waals surface area contributed by atoms with Crippen molar-refractivity contribution in [1.82, 2.24) is 5.32 Å². The van der Waals surface area contributed by atoms with Crippen LogP contribution in [0.1, 0.15) is 26.3 Å². The number of methoxy groups -OCH3 is 1. The molecule has 1 aliphatic heterocycles. The Bertz CT molecular complexity index is 696. The standard InChI is InChI=1S/C20H29FN4O2/c1-15(2)20(3,14-22)23-19(26)13-25-9-7-24(8-10-25)12-16-11-17(21)5-6-18(16)27-4/h5-6,11,15H,7-10,12-13H2,1-4H3,(H,23,26)/p+2/t20-/m1/s1. The number of rotatable bonds is 7. The Kier molecular flexibility index (Phi) is 7.17. The number of carbonyl (C=O) groups is 1. The van der Waals surface area contributed by atoms with Gasteiger partial charge in [0.2, 0.25) is 0 Å². The van der Waals surface area contributed by atoms with E-state index in [9.17, 15) is 14.4 Å². The second-order valence-corrected chi connectivity index (χ2v) is 7.83. The van der Waals surface area contributed by atoms with Gasteiger partial charge in [0.25, 0.3) is 5.91 Å². The molecule has 27 heavy (non-hydrogen) atoms. The van der Waals surface area contributed by atoms with Crippen LogP contribution in [0, 0.1) is 23.1 Å². The zero-order valence-corrected chi connectivity index (χ0v) is 16.7. The maximum absolute atomic E-state index is 13.5. The largest absolute Gasteiger partial charge is 0.496 e. The molecule has 1 saturated heterocycles. The fraction of sp³-hybridized carbons (Fsp3) is 0.600. The molecule has 6 nitrogen and oxygen atoms in total. The number of hydrogen-bond donors (Lipinski definition) is 3. The van der Waals surface area contributed by atoms with E-state index in [2.05, 4.69) is 11.4 Å². The van der Waals surface area contributed by atoms with Gasteiger partial charge >= 0.3 is 0 Å². The minimum atomic E-state index is -0.836. The number of ether oxygens (including phenoxy) is 1. The summed E-state index contributed by atoms with van der Waals surface area (Å²) in [5.41, 5.74) is 0.0350. The Morgan fingerprint density at radius 3 is 2.52 bits per heavy atom. The second kappa shape index (κ2) is 9.16. The Morgan fingerprint density at radius 1 is 1.33 bits per heavy atom. The second-order valence-electron chi connectivity index (χ2n) is 7.83. The first kappa shape index (κ1) is 21.1. The lowest BCUT2D eigenvalue weighted by molar-refractivity contribution is -1.02. The molecule has 0 saturated carbocycles. The third kappa shape index (κ3) is 5.65. The number of nitrogens with zero attached hydrogens (tertiary/aromatic N) is 1. The molecule has 3 N–H and O–H groups in total. The summed E-state index contributed by atoms with van der Waals surface area (Å²) in [6, 6.07) is 6.81. The summed E-state index contributed by atoms with van der Waals surface area (Å²) in [4.78, 5) is 14.9. The van der Waals surface area contributed by atoms with Gasteiger partial charge in [-0.2, -0.15) is 5.26 Å². The van der Waals surface area contributed by atoms with Crippen molar-refractivity contribution in [2.75, 3.05) is 39.8 Å². The van der Waals surface area contributed by atoms with E-state index in [0.29, 0.717) is 18.8 Å². The normalized spacial score (nSPS) is 22.0. The van der Waals surface area contributed by atoms with E-state index < -0.39 is 5.54 Å². The third-order valence-electron chi connectivity index (χ3n) is 5.54. The number of carbonyl (C=O) groups excluding carboxylic acids is 1. The molecule has 0 radical (unpaired) electrons. The monoisotopic (exact) mass is 378 g/mol. The number of halogens is 1. The summed E-state index contributed by atoms with van der Waals surface area (Å²) in [6.07, 6.45) is 0. The SMILES string of the molecule is COc1ccc(F)cc1C[NH+]1CC[NH+](CC(=O)N[C@](C)(C#N)C(C)C)CC1. The van der Waals surface area contributed by atoms with Gasteiger partial charge in [0.15, 0.2) is 6.54 Å². The van der Waals surface area contributed by atoms with Crippen LogP contribution in [-0.2, 0) is 11.3 Å². The van der Waals surface area contributed by atoms with Crippen LogP contribution < -0.4 is 19.9 Å². The molecule has 1 fully saturated rings. The maximum atomic E-state index is 13.5. The summed E-state index contributed by atoms with van der Waals surface area (Å²) in [7, 11) is 1.60. The average molecular weight is 378 g/mol. The first-order chi connectivity index (χ1) is 12.8. The quantitative estimate of drug-likeness (QED) is 0.580. The smallest absolute Gasteiger partial charge is 0.276 e. The molecular weight excluding hydrogens is 347 g/mol. The van der Waals surface area contributed by atoms with Gasteiger partial charge in [-0.3, -0.25) is 4.79 Å². The Morgan fingerprint density at radius 2 is 1.96 bits per heavy atom. The highest BCUT2D eigenvalue weighted by Gasteiger charge is 2.32. The molecule has 7 heteroatoms. The van der Waals surface area contributed by atoms with Crippen molar-refractivity contribution in [3.63, 3.8) is 0 Å². The molecule has 1 atom stereocenters. The van der Waals surface area contributed by atoms with Crippen LogP contribution in [0.4, 0.5) is 4.39 Å². The van der Waals surface area contributed by atoms with Gasteiger partial charge < -0.3 is 19.9 Å². The number of amides is 1. The van der Waals surface area contributed by atoms with E-state index in [4.69, 9.17) is 4.74 Å². The maximum Gasteiger partial charge on any atom is 0.276 e. The number of nitriles is 1. The van der Waals surface area contributed by atoms with Gasteiger partial charge in [0.05, 0.1) is 18.7 Å². The summed E-state index contributed by atoms with van der Waals surface area (Å²) >= 11 is 0. The summed E-state index contributed by atoms with van der Waals surface area (Å²) in [5.74, 6) is 0.418. The van der Waals surface area contributed by atoms with Gasteiger partial charge in [0, 0.05) is 0 Å². The van der Waals surface area contributed by atoms with Crippen molar-refractivity contribution in [3.05, 3.63) is 29.6 Å². The Hall–Kier alpha value is -2.17. The highest BCUT2D eigenvalue weighted by molar-refractivity contribution is 5.78. The molecular formula is C20H31FN4O2+2. The van der Waals surface area contributed by atoms with E-state index in [-0.39, 0.29) is 17.6 Å². The van der Waals surface area contributed by atoms with E-state index in [0.717, 1.165) is 31.7 Å². The van der Waals surface area contributed by atoms with Crippen LogP contribution in [0.3, 0.4) is 0 Å². The predicted octanol–water partition coefficient (Wildman–Crippen LogP) is -0.828. The van der Waals surface area contributed by atoms with Crippen molar-refractivity contribution in [2.45, 2.75) is 32.9 Å². The van der Waals surface area contributed by atoms with Crippen LogP contribution in [0.15, 0.2) is 18.2 Å². The van der Waals surface area contributed by atoms with Gasteiger partial charge in [0.1, 0.15) is 49.8 Å². The molecule has 0 bridgehead atoms. The Labute approximate surface area is 160 Å². The Balaban J connectivity index is 1.85. The zero-order valence-electron chi connectivity index (χ0n) is 16.7. The summed E-state index contributed by atoms with van der Waals surface area (Å²) in [5, 5.41) is 12.2. The molecule has 1 amide bonds. The number of nitrogens with one attached hydrogen (secondary N) is 3. The minimum absolute atomic E-state index is 0.0454. The number of quaternary nitrogens is 2. The van der Waals surface area contributed by atoms with Gasteiger partial charge in [-0.05, 0) is 31.0 Å². The lowest BCUT2D eigenvalue weighted by atomic mass is 9.90. The topological polar surface area (TPSA) is 71.0 Å². The molecule has 1 aromatic rings. The highest BCUT2D eigenvalue weighted by Crippen LogP contribution is 2.18. The first-order valence-electron chi connectivity index (χ1n) is 9.49. The highest BCUT2D eigenvalue weighted by atomic mass is 19.1. The molecule has 1 aliphatic rings. The van der Waals surface area contributed by atoms with E-state index >= 15 is 0 Å². The zero-order chi connectivity index (χ0) is 20.0. The lowest BCUT2D eigenvalue weighted by Crippen LogP contribution is -3.28. The number of benzene rings is 1. The molecule has 0 unspecified atom stereocenters. The molecule has 0 aromatic heterocycles. The van der Waals surface area contributed by atoms with Crippen LogP contribution in [-0.4, -0.2) is 51.3 Å². The molecule has 0 aliphatic carbocycles. The fourth-order valence-corrected chi connectivity index (χ4v) is 3.33. The van der Waals surface area contributed by atoms with Crippen LogP contribution in [0.5, 0.6) is 5.75 Å². The van der Waals surface area contributed by atoms with Crippen molar-refractivity contribution < 1.29 is 23.7 Å². The van der Waals surface area contributed by atoms with Crippen molar-refractivity contribution in [3.8, 4) is 11.8 Å². The molecule has 148 valence electrons. The predicted molar refractivity (Wildman–Crippen MR) is 99.9 cm³/mol. The first-order valence-corrected chi connectivity index (χ1v) is 9.49. The van der Waals surface area contributed by atoms with Crippen LogP contribution in [0.2, 0.25) is 0 Å². The van der Waals surface area contributed by atoms with Crippen LogP contribution >= 0.6 is 0 Å². The molecule has 1 aromatic carbocycles. The van der Waals surface area contributed by atoms with E-state index in [1.54, 1.807) is 20.1 Å². The number of hydrogen-bond acceptors (Lipinski definition) is 3. The van der Waals surface area contributed by atoms with E-state index in [1.165, 1.54) is 21.9 Å². The van der Waals surface area contributed by atoms with Crippen LogP contribution in [0.25, 0.3) is 0 Å². The molecule has 0 spiro atoms. The van der Waals surface area contributed by atoms with Gasteiger partial charge in [-0.1, -0.05) is 13.8 Å². The van der Waals surface area contributed by atoms with Crippen molar-refractivity contribution in [1.29, 1.82) is 5.26 Å². The molecule has 1 heterocycles. The molecule has 2 rings (SSSR count). The van der Waals surface area contributed by atoms with Crippen molar-refractivity contribution in [2.24, 2.45) is 5.92 Å². The third-order valence-corrected chi connectivity index (χ3v) is 5.54. The van der Waals surface area contributed by atoms with Gasteiger partial charge in [-0.15, -0.1) is 0 Å². The average Bonchev–Trinajstić information content (AvgIpc) is 2.63. The summed E-state index contributed by atoms with van der Waals surface area (Å²) < 4.78 is 18.9. The van der Waals surface area contributed by atoms with Gasteiger partial charge in [-0.25, -0.2) is 4.39 Å². The minimum Gasteiger partial charge on any atom is -0.496 e. The van der Waals surface area contributed by atoms with Crippen molar-refractivity contribution >= 4 is 5.91 Å². The number of piperazine rings is 1. The lowest BCUT2D eigenvalue weighted by Gasteiger charge is -2.31. The van der Waals surface area contributed by atoms with E-state index in [1.807, 2.05) is 13.8 Å². The summed E-state index contributed by atoms with van der Waals surface area (Å²) in [6.45, 7) is 10.2.